The number of methoxy groups -OCH3 is 2. The second-order valence-corrected chi connectivity index (χ2v) is 4.37. The molecule has 0 heterocycles. The third-order valence-electron chi connectivity index (χ3n) is 3.07. The molecule has 0 aliphatic carbocycles. The number of carbonyl (C=O) groups excluding carboxylic acids is 1. The summed E-state index contributed by atoms with van der Waals surface area (Å²) in [5.41, 5.74) is 0. The van der Waals surface area contributed by atoms with E-state index >= 15 is 0 Å². The molecular weight excluding hydrogens is 218 g/mol. The maximum atomic E-state index is 12.2. The molecule has 0 saturated carbocycles. The van der Waals surface area contributed by atoms with Gasteiger partial charge in [-0.3, -0.25) is 4.79 Å². The predicted octanol–water partition coefficient (Wildman–Crippen LogP) is 2.28. The van der Waals surface area contributed by atoms with Crippen LogP contribution >= 0.6 is 0 Å². The molecule has 0 aliphatic rings. The molecule has 0 rings (SSSR count). The highest BCUT2D eigenvalue weighted by atomic mass is 16.7. The summed E-state index contributed by atoms with van der Waals surface area (Å²) in [6.45, 7) is 4.69. The lowest BCUT2D eigenvalue weighted by Crippen LogP contribution is -2.39. The van der Waals surface area contributed by atoms with Crippen molar-refractivity contribution in [1.82, 2.24) is 4.90 Å². The monoisotopic (exact) mass is 245 g/mol. The highest BCUT2D eigenvalue weighted by molar-refractivity contribution is 5.78. The van der Waals surface area contributed by atoms with Gasteiger partial charge in [0.15, 0.2) is 6.29 Å². The summed E-state index contributed by atoms with van der Waals surface area (Å²) in [6, 6.07) is 0. The van der Waals surface area contributed by atoms with Crippen molar-refractivity contribution >= 4 is 5.91 Å². The average Bonchev–Trinajstić information content (AvgIpc) is 2.36. The molecule has 0 N–H and O–H groups in total. The fourth-order valence-electron chi connectivity index (χ4n) is 1.82. The van der Waals surface area contributed by atoms with Crippen molar-refractivity contribution in [2.45, 2.75) is 45.8 Å². The lowest BCUT2D eigenvalue weighted by atomic mass is 9.98. The summed E-state index contributed by atoms with van der Waals surface area (Å²) in [5.74, 6) is 0.328. The molecular formula is C13H27NO3. The zero-order valence-electron chi connectivity index (χ0n) is 11.9. The summed E-state index contributed by atoms with van der Waals surface area (Å²) in [7, 11) is 4.98. The van der Waals surface area contributed by atoms with Crippen molar-refractivity contribution < 1.29 is 14.3 Å². The third-order valence-corrected chi connectivity index (χ3v) is 3.07. The number of amides is 1. The fourth-order valence-corrected chi connectivity index (χ4v) is 1.82. The molecule has 0 saturated heterocycles. The Labute approximate surface area is 105 Å². The van der Waals surface area contributed by atoms with E-state index in [1.807, 2.05) is 7.05 Å². The third kappa shape index (κ3) is 6.03. The fraction of sp³-hybridized carbons (Fsp3) is 0.923. The van der Waals surface area contributed by atoms with Crippen LogP contribution in [-0.2, 0) is 14.3 Å². The van der Waals surface area contributed by atoms with Crippen molar-refractivity contribution in [2.75, 3.05) is 27.8 Å². The molecule has 0 aromatic carbocycles. The number of ether oxygens (including phenoxy) is 2. The normalized spacial score (nSPS) is 12.8. The second kappa shape index (κ2) is 9.42. The van der Waals surface area contributed by atoms with Crippen LogP contribution in [0, 0.1) is 5.92 Å². The number of unbranched alkanes of at least 4 members (excludes halogenated alkanes) is 1. The Morgan fingerprint density at radius 2 is 1.82 bits per heavy atom. The van der Waals surface area contributed by atoms with Crippen LogP contribution in [0.1, 0.15) is 39.5 Å². The Balaban J connectivity index is 4.24. The van der Waals surface area contributed by atoms with Crippen LogP contribution in [-0.4, -0.2) is 44.9 Å². The van der Waals surface area contributed by atoms with E-state index in [0.29, 0.717) is 6.54 Å². The summed E-state index contributed by atoms with van der Waals surface area (Å²) < 4.78 is 10.2. The Bertz CT molecular complexity index is 205. The van der Waals surface area contributed by atoms with Gasteiger partial charge < -0.3 is 14.4 Å². The Kier molecular flexibility index (Phi) is 9.09. The SMILES string of the molecule is CCCCC(CC)C(=O)N(C)CC(OC)OC. The van der Waals surface area contributed by atoms with E-state index in [9.17, 15) is 4.79 Å². The van der Waals surface area contributed by atoms with Crippen LogP contribution in [0.2, 0.25) is 0 Å². The van der Waals surface area contributed by atoms with Crippen LogP contribution in [0.4, 0.5) is 0 Å². The number of rotatable bonds is 9. The van der Waals surface area contributed by atoms with Gasteiger partial charge in [0.2, 0.25) is 5.91 Å². The summed E-state index contributed by atoms with van der Waals surface area (Å²) in [5, 5.41) is 0. The molecule has 0 bridgehead atoms. The van der Waals surface area contributed by atoms with Crippen molar-refractivity contribution in [3.8, 4) is 0 Å². The number of hydrogen-bond acceptors (Lipinski definition) is 3. The van der Waals surface area contributed by atoms with Gasteiger partial charge in [-0.15, -0.1) is 0 Å². The number of hydrogen-bond donors (Lipinski definition) is 0. The van der Waals surface area contributed by atoms with Crippen LogP contribution < -0.4 is 0 Å². The van der Waals surface area contributed by atoms with Gasteiger partial charge in [-0.05, 0) is 12.8 Å². The molecule has 4 heteroatoms. The first-order valence-electron chi connectivity index (χ1n) is 6.41. The molecule has 0 aliphatic heterocycles. The van der Waals surface area contributed by atoms with Crippen molar-refractivity contribution in [3.63, 3.8) is 0 Å². The molecule has 17 heavy (non-hydrogen) atoms. The Hall–Kier alpha value is -0.610. The zero-order valence-corrected chi connectivity index (χ0v) is 11.9. The maximum absolute atomic E-state index is 12.2. The lowest BCUT2D eigenvalue weighted by Gasteiger charge is -2.26. The minimum atomic E-state index is -0.340. The molecule has 0 aromatic heterocycles. The second-order valence-electron chi connectivity index (χ2n) is 4.37. The maximum Gasteiger partial charge on any atom is 0.225 e. The van der Waals surface area contributed by atoms with Gasteiger partial charge in [0, 0.05) is 27.2 Å². The first-order valence-corrected chi connectivity index (χ1v) is 6.41. The van der Waals surface area contributed by atoms with Gasteiger partial charge in [-0.2, -0.15) is 0 Å². The van der Waals surface area contributed by atoms with Crippen molar-refractivity contribution in [1.29, 1.82) is 0 Å². The van der Waals surface area contributed by atoms with E-state index in [-0.39, 0.29) is 18.1 Å². The predicted molar refractivity (Wildman–Crippen MR) is 68.7 cm³/mol. The van der Waals surface area contributed by atoms with Gasteiger partial charge >= 0.3 is 0 Å². The van der Waals surface area contributed by atoms with E-state index in [1.54, 1.807) is 19.1 Å². The molecule has 4 nitrogen and oxygen atoms in total. The lowest BCUT2D eigenvalue weighted by molar-refractivity contribution is -0.147. The molecule has 0 aromatic rings. The molecule has 1 amide bonds. The van der Waals surface area contributed by atoms with Gasteiger partial charge in [-0.1, -0.05) is 26.7 Å². The van der Waals surface area contributed by atoms with Gasteiger partial charge in [0.1, 0.15) is 0 Å². The topological polar surface area (TPSA) is 38.8 Å². The van der Waals surface area contributed by atoms with Gasteiger partial charge in [0.25, 0.3) is 0 Å². The number of likely N-dealkylation sites (N-methyl/N-ethyl adjacent to an activating group) is 1. The molecule has 0 radical (unpaired) electrons. The highest BCUT2D eigenvalue weighted by Crippen LogP contribution is 2.15. The zero-order chi connectivity index (χ0) is 13.3. The molecule has 1 atom stereocenters. The Morgan fingerprint density at radius 1 is 1.24 bits per heavy atom. The van der Waals surface area contributed by atoms with E-state index in [0.717, 1.165) is 25.7 Å². The molecule has 0 fully saturated rings. The van der Waals surface area contributed by atoms with Gasteiger partial charge in [0.05, 0.1) is 6.54 Å². The first kappa shape index (κ1) is 16.4. The Morgan fingerprint density at radius 3 is 2.24 bits per heavy atom. The van der Waals surface area contributed by atoms with E-state index in [1.165, 1.54) is 0 Å². The van der Waals surface area contributed by atoms with E-state index in [4.69, 9.17) is 9.47 Å². The highest BCUT2D eigenvalue weighted by Gasteiger charge is 2.21. The minimum absolute atomic E-state index is 0.134. The molecule has 102 valence electrons. The van der Waals surface area contributed by atoms with Gasteiger partial charge in [-0.25, -0.2) is 0 Å². The van der Waals surface area contributed by atoms with E-state index in [2.05, 4.69) is 13.8 Å². The largest absolute Gasteiger partial charge is 0.354 e. The quantitative estimate of drug-likeness (QED) is 0.585. The van der Waals surface area contributed by atoms with Crippen LogP contribution in [0.15, 0.2) is 0 Å². The average molecular weight is 245 g/mol. The van der Waals surface area contributed by atoms with E-state index < -0.39 is 0 Å². The molecule has 0 spiro atoms. The van der Waals surface area contributed by atoms with Crippen molar-refractivity contribution in [3.05, 3.63) is 0 Å². The standard InChI is InChI=1S/C13H27NO3/c1-6-8-9-11(7-2)13(15)14(3)10-12(16-4)17-5/h11-12H,6-10H2,1-5H3. The summed E-state index contributed by atoms with van der Waals surface area (Å²) in [6.07, 6.45) is 3.77. The summed E-state index contributed by atoms with van der Waals surface area (Å²) >= 11 is 0. The van der Waals surface area contributed by atoms with Crippen LogP contribution in [0.25, 0.3) is 0 Å². The van der Waals surface area contributed by atoms with Crippen LogP contribution in [0.5, 0.6) is 0 Å². The number of nitrogens with zero attached hydrogens (tertiary/aromatic N) is 1. The first-order chi connectivity index (χ1) is 8.10. The van der Waals surface area contributed by atoms with Crippen molar-refractivity contribution in [2.24, 2.45) is 5.92 Å². The van der Waals surface area contributed by atoms with Crippen LogP contribution in [0.3, 0.4) is 0 Å². The number of carbonyl (C=O) groups is 1. The smallest absolute Gasteiger partial charge is 0.225 e. The molecule has 1 unspecified atom stereocenters. The summed E-state index contributed by atoms with van der Waals surface area (Å²) in [4.78, 5) is 13.9. The minimum Gasteiger partial charge on any atom is -0.354 e.